The molecule has 0 aliphatic carbocycles. The number of amides is 1. The number of methoxy groups -OCH3 is 1. The number of carbonyl (C=O) groups excluding carboxylic acids is 1. The average molecular weight is 463 g/mol. The molecule has 0 saturated heterocycles. The highest BCUT2D eigenvalue weighted by molar-refractivity contribution is 7.97. The Hall–Kier alpha value is -1.98. The summed E-state index contributed by atoms with van der Waals surface area (Å²) < 4.78 is 5.27. The van der Waals surface area contributed by atoms with Crippen molar-refractivity contribution in [3.05, 3.63) is 59.7 Å². The van der Waals surface area contributed by atoms with Crippen LogP contribution in [0.4, 0.5) is 0 Å². The minimum atomic E-state index is -0.0783. The van der Waals surface area contributed by atoms with Crippen LogP contribution >= 0.6 is 11.9 Å². The fourth-order valence-corrected chi connectivity index (χ4v) is 2.92. The van der Waals surface area contributed by atoms with Gasteiger partial charge in [0.2, 0.25) is 0 Å². The van der Waals surface area contributed by atoms with Crippen molar-refractivity contribution in [2.24, 2.45) is 5.14 Å². The highest BCUT2D eigenvalue weighted by Gasteiger charge is 2.14. The smallest absolute Gasteiger partial charge is 0.251 e. The Morgan fingerprint density at radius 1 is 1.00 bits per heavy atom. The van der Waals surface area contributed by atoms with Crippen LogP contribution in [0.2, 0.25) is 0 Å². The summed E-state index contributed by atoms with van der Waals surface area (Å²) in [4.78, 5) is 12.8. The van der Waals surface area contributed by atoms with E-state index >= 15 is 0 Å². The van der Waals surface area contributed by atoms with Gasteiger partial charge in [-0.1, -0.05) is 96.7 Å². The van der Waals surface area contributed by atoms with Crippen molar-refractivity contribution in [3.63, 3.8) is 0 Å². The molecule has 2 aromatic rings. The summed E-state index contributed by atoms with van der Waals surface area (Å²) in [6.07, 6.45) is 6.23. The van der Waals surface area contributed by atoms with E-state index in [9.17, 15) is 4.79 Å². The van der Waals surface area contributed by atoms with Gasteiger partial charge in [-0.25, -0.2) is 0 Å². The lowest BCUT2D eigenvalue weighted by Crippen LogP contribution is -2.32. The molecular formula is C27H46N2O2S. The van der Waals surface area contributed by atoms with Crippen molar-refractivity contribution >= 4 is 17.9 Å². The molecule has 0 aromatic heterocycles. The zero-order valence-corrected chi connectivity index (χ0v) is 22.4. The number of carbonyl (C=O) groups is 1. The van der Waals surface area contributed by atoms with Gasteiger partial charge in [-0.05, 0) is 49.9 Å². The molecule has 0 saturated carbocycles. The largest absolute Gasteiger partial charge is 0.495 e. The van der Waals surface area contributed by atoms with Gasteiger partial charge in [0.15, 0.2) is 0 Å². The van der Waals surface area contributed by atoms with Crippen LogP contribution in [0.25, 0.3) is 0 Å². The number of rotatable bonds is 7. The van der Waals surface area contributed by atoms with E-state index in [0.29, 0.717) is 5.56 Å². The van der Waals surface area contributed by atoms with Crippen LogP contribution in [0.1, 0.15) is 89.6 Å². The Morgan fingerprint density at radius 2 is 1.47 bits per heavy atom. The zero-order chi connectivity index (χ0) is 24.8. The maximum atomic E-state index is 12.0. The van der Waals surface area contributed by atoms with Crippen LogP contribution in [0.5, 0.6) is 5.75 Å². The molecule has 0 fully saturated rings. The second-order valence-electron chi connectivity index (χ2n) is 7.44. The Morgan fingerprint density at radius 3 is 1.78 bits per heavy atom. The first-order valence-corrected chi connectivity index (χ1v) is 12.6. The van der Waals surface area contributed by atoms with Gasteiger partial charge in [-0.15, -0.1) is 0 Å². The van der Waals surface area contributed by atoms with Crippen LogP contribution in [0.3, 0.4) is 0 Å². The molecule has 182 valence electrons. The SMILES string of the molecule is CCC.CCC(C)NC(=O)c1cc(C)c(OC)c(SN)c1.CCCCC.c1ccccc1. The molecular weight excluding hydrogens is 416 g/mol. The molecule has 0 spiro atoms. The molecule has 0 radical (unpaired) electrons. The number of nitrogens with one attached hydrogen (secondary N) is 1. The Labute approximate surface area is 201 Å². The van der Waals surface area contributed by atoms with Crippen LogP contribution in [-0.2, 0) is 0 Å². The van der Waals surface area contributed by atoms with E-state index in [1.54, 1.807) is 13.2 Å². The van der Waals surface area contributed by atoms with Gasteiger partial charge in [0.25, 0.3) is 5.91 Å². The minimum Gasteiger partial charge on any atom is -0.495 e. The summed E-state index contributed by atoms with van der Waals surface area (Å²) in [6.45, 7) is 14.6. The van der Waals surface area contributed by atoms with Gasteiger partial charge < -0.3 is 10.1 Å². The van der Waals surface area contributed by atoms with Gasteiger partial charge in [0, 0.05) is 11.6 Å². The average Bonchev–Trinajstić information content (AvgIpc) is 2.81. The number of benzene rings is 2. The van der Waals surface area contributed by atoms with E-state index in [1.165, 1.54) is 25.7 Å². The lowest BCUT2D eigenvalue weighted by Gasteiger charge is -2.14. The van der Waals surface area contributed by atoms with Crippen molar-refractivity contribution in [3.8, 4) is 5.75 Å². The predicted molar refractivity (Wildman–Crippen MR) is 143 cm³/mol. The van der Waals surface area contributed by atoms with Crippen molar-refractivity contribution < 1.29 is 9.53 Å². The Bertz CT molecular complexity index is 665. The predicted octanol–water partition coefficient (Wildman–Crippen LogP) is 7.80. The summed E-state index contributed by atoms with van der Waals surface area (Å²) >= 11 is 1.09. The number of unbranched alkanes of at least 4 members (excludes halogenated alkanes) is 2. The van der Waals surface area contributed by atoms with Crippen LogP contribution in [0, 0.1) is 6.92 Å². The maximum absolute atomic E-state index is 12.0. The van der Waals surface area contributed by atoms with E-state index in [1.807, 2.05) is 63.2 Å². The third kappa shape index (κ3) is 15.8. The third-order valence-corrected chi connectivity index (χ3v) is 4.75. The Balaban J connectivity index is 0. The molecule has 0 aliphatic heterocycles. The summed E-state index contributed by atoms with van der Waals surface area (Å²) in [5.74, 6) is 0.646. The van der Waals surface area contributed by atoms with Gasteiger partial charge >= 0.3 is 0 Å². The highest BCUT2D eigenvalue weighted by atomic mass is 32.2. The number of aryl methyl sites for hydroxylation is 1. The summed E-state index contributed by atoms with van der Waals surface area (Å²) in [5, 5.41) is 8.53. The van der Waals surface area contributed by atoms with Crippen molar-refractivity contribution in [1.82, 2.24) is 5.32 Å². The van der Waals surface area contributed by atoms with Crippen LogP contribution in [-0.4, -0.2) is 19.1 Å². The second kappa shape index (κ2) is 22.2. The van der Waals surface area contributed by atoms with Gasteiger partial charge in [0.05, 0.1) is 12.0 Å². The molecule has 5 heteroatoms. The molecule has 2 rings (SSSR count). The van der Waals surface area contributed by atoms with Crippen LogP contribution in [0.15, 0.2) is 53.4 Å². The molecule has 1 atom stereocenters. The van der Waals surface area contributed by atoms with Crippen molar-refractivity contribution in [2.75, 3.05) is 7.11 Å². The quantitative estimate of drug-likeness (QED) is 0.412. The normalized spacial score (nSPS) is 10.2. The van der Waals surface area contributed by atoms with Gasteiger partial charge in [-0.3, -0.25) is 9.93 Å². The first-order chi connectivity index (χ1) is 15.4. The number of hydrogen-bond acceptors (Lipinski definition) is 4. The maximum Gasteiger partial charge on any atom is 0.251 e. The molecule has 0 heterocycles. The minimum absolute atomic E-state index is 0.0783. The molecule has 1 amide bonds. The zero-order valence-electron chi connectivity index (χ0n) is 21.5. The molecule has 32 heavy (non-hydrogen) atoms. The van der Waals surface area contributed by atoms with E-state index < -0.39 is 0 Å². The lowest BCUT2D eigenvalue weighted by atomic mass is 10.1. The highest BCUT2D eigenvalue weighted by Crippen LogP contribution is 2.30. The standard InChI is InChI=1S/C13H20N2O2S.C6H6.C5H12.C3H8/c1-5-9(3)15-13(16)10-6-8(2)12(17-4)11(7-10)18-14;1-2-4-6-5-3-1;1-3-5-4-2;1-3-2/h6-7,9H,5,14H2,1-4H3,(H,15,16);1-6H;3-5H2,1-2H3;3H2,1-2H3. The molecule has 1 unspecified atom stereocenters. The van der Waals surface area contributed by atoms with E-state index in [4.69, 9.17) is 9.88 Å². The number of nitrogens with two attached hydrogens (primary N) is 1. The first-order valence-electron chi connectivity index (χ1n) is 11.7. The summed E-state index contributed by atoms with van der Waals surface area (Å²) in [7, 11) is 1.60. The van der Waals surface area contributed by atoms with Crippen molar-refractivity contribution in [1.29, 1.82) is 0 Å². The van der Waals surface area contributed by atoms with Crippen molar-refractivity contribution in [2.45, 2.75) is 91.5 Å². The summed E-state index contributed by atoms with van der Waals surface area (Å²) in [6, 6.07) is 15.7. The molecule has 2 aromatic carbocycles. The molecule has 3 N–H and O–H groups in total. The van der Waals surface area contributed by atoms with Crippen LogP contribution < -0.4 is 15.2 Å². The monoisotopic (exact) mass is 462 g/mol. The third-order valence-electron chi connectivity index (χ3n) is 4.20. The van der Waals surface area contributed by atoms with E-state index in [-0.39, 0.29) is 11.9 Å². The lowest BCUT2D eigenvalue weighted by molar-refractivity contribution is 0.0939. The number of hydrogen-bond donors (Lipinski definition) is 2. The second-order valence-corrected chi connectivity index (χ2v) is 8.12. The Kier molecular flexibility index (Phi) is 22.4. The van der Waals surface area contributed by atoms with E-state index in [2.05, 4.69) is 33.0 Å². The van der Waals surface area contributed by atoms with Gasteiger partial charge in [0.1, 0.15) is 5.75 Å². The molecule has 4 nitrogen and oxygen atoms in total. The molecule has 0 bridgehead atoms. The first kappa shape index (κ1) is 32.2. The fourth-order valence-electron chi connectivity index (χ4n) is 2.37. The number of ether oxygens (including phenoxy) is 1. The van der Waals surface area contributed by atoms with E-state index in [0.717, 1.165) is 34.6 Å². The van der Waals surface area contributed by atoms with Gasteiger partial charge in [-0.2, -0.15) is 0 Å². The summed E-state index contributed by atoms with van der Waals surface area (Å²) in [5.41, 5.74) is 1.52. The topological polar surface area (TPSA) is 64.3 Å². The fraction of sp³-hybridized carbons (Fsp3) is 0.519. The molecule has 0 aliphatic rings.